The van der Waals surface area contributed by atoms with Crippen molar-refractivity contribution < 1.29 is 4.74 Å². The van der Waals surface area contributed by atoms with Crippen molar-refractivity contribution in [1.29, 1.82) is 0 Å². The summed E-state index contributed by atoms with van der Waals surface area (Å²) in [6.45, 7) is 0. The molecule has 2 heterocycles. The summed E-state index contributed by atoms with van der Waals surface area (Å²) >= 11 is 0. The molecular weight excluding hydrogens is 174 g/mol. The van der Waals surface area contributed by atoms with Crippen LogP contribution in [0, 0.1) is 0 Å². The Balaban J connectivity index is 2.04. The Morgan fingerprint density at radius 1 is 1.43 bits per heavy atom. The normalized spacial score (nSPS) is 28.0. The molecule has 0 aromatic rings. The van der Waals surface area contributed by atoms with Crippen LogP contribution in [0.4, 0.5) is 0 Å². The van der Waals surface area contributed by atoms with Crippen LogP contribution >= 0.6 is 0 Å². The largest absolute Gasteiger partial charge is 0.465 e. The van der Waals surface area contributed by atoms with Gasteiger partial charge in [-0.15, -0.1) is 0 Å². The Kier molecular flexibility index (Phi) is 1.66. The molecule has 2 heteroatoms. The number of ether oxygens (including phenoxy) is 1. The zero-order valence-electron chi connectivity index (χ0n) is 7.81. The van der Waals surface area contributed by atoms with Crippen LogP contribution in [0.25, 0.3) is 0 Å². The van der Waals surface area contributed by atoms with Gasteiger partial charge >= 0.3 is 0 Å². The van der Waals surface area contributed by atoms with E-state index in [2.05, 4.69) is 23.2 Å². The lowest BCUT2D eigenvalue weighted by Gasteiger charge is -2.25. The summed E-state index contributed by atoms with van der Waals surface area (Å²) in [7, 11) is 0. The Morgan fingerprint density at radius 3 is 3.43 bits per heavy atom. The number of aliphatic imine (C=N–C) groups is 1. The summed E-state index contributed by atoms with van der Waals surface area (Å²) in [5.41, 5.74) is 2.50. The number of fused-ring (bicyclic) bond motifs is 2. The van der Waals surface area contributed by atoms with Gasteiger partial charge in [-0.3, -0.25) is 4.99 Å². The summed E-state index contributed by atoms with van der Waals surface area (Å²) in [5, 5.41) is 0. The second-order valence-electron chi connectivity index (χ2n) is 3.58. The minimum atomic E-state index is 0.189. The lowest BCUT2D eigenvalue weighted by Crippen LogP contribution is -2.17. The van der Waals surface area contributed by atoms with Crippen LogP contribution in [-0.4, -0.2) is 12.3 Å². The molecule has 3 aliphatic rings. The van der Waals surface area contributed by atoms with Crippen LogP contribution in [0.1, 0.15) is 12.8 Å². The predicted octanol–water partition coefficient (Wildman–Crippen LogP) is 2.51. The number of allylic oxidation sites excluding steroid dienone is 4. The molecule has 2 nitrogen and oxygen atoms in total. The van der Waals surface area contributed by atoms with E-state index >= 15 is 0 Å². The van der Waals surface area contributed by atoms with Gasteiger partial charge in [0.1, 0.15) is 5.76 Å². The van der Waals surface area contributed by atoms with Crippen LogP contribution in [0.3, 0.4) is 0 Å². The molecule has 70 valence electrons. The van der Waals surface area contributed by atoms with Crippen molar-refractivity contribution in [2.75, 3.05) is 0 Å². The SMILES string of the molecule is C1=COC2=C(C=CC3N=CCC=C23)C1. The molecule has 1 atom stereocenters. The molecule has 14 heavy (non-hydrogen) atoms. The third kappa shape index (κ3) is 1.07. The second-order valence-corrected chi connectivity index (χ2v) is 3.58. The third-order valence-electron chi connectivity index (χ3n) is 2.68. The van der Waals surface area contributed by atoms with Crippen molar-refractivity contribution in [3.8, 4) is 0 Å². The maximum atomic E-state index is 5.56. The van der Waals surface area contributed by atoms with Gasteiger partial charge in [0.05, 0.1) is 12.3 Å². The number of rotatable bonds is 0. The monoisotopic (exact) mass is 185 g/mol. The Morgan fingerprint density at radius 2 is 2.43 bits per heavy atom. The van der Waals surface area contributed by atoms with E-state index in [1.807, 2.05) is 12.3 Å². The number of hydrogen-bond acceptors (Lipinski definition) is 2. The van der Waals surface area contributed by atoms with Crippen molar-refractivity contribution in [2.45, 2.75) is 18.9 Å². The number of hydrogen-bond donors (Lipinski definition) is 0. The smallest absolute Gasteiger partial charge is 0.135 e. The predicted molar refractivity (Wildman–Crippen MR) is 56.0 cm³/mol. The van der Waals surface area contributed by atoms with Crippen LogP contribution in [0.5, 0.6) is 0 Å². The molecule has 0 aromatic carbocycles. The highest BCUT2D eigenvalue weighted by atomic mass is 16.5. The molecule has 0 amide bonds. The molecule has 0 saturated heterocycles. The first-order chi connectivity index (χ1) is 6.95. The van der Waals surface area contributed by atoms with E-state index in [-0.39, 0.29) is 6.04 Å². The molecule has 0 N–H and O–H groups in total. The topological polar surface area (TPSA) is 21.6 Å². The summed E-state index contributed by atoms with van der Waals surface area (Å²) in [5.74, 6) is 1.02. The lowest BCUT2D eigenvalue weighted by atomic mass is 9.91. The average molecular weight is 185 g/mol. The fourth-order valence-corrected chi connectivity index (χ4v) is 2.00. The molecule has 0 bridgehead atoms. The van der Waals surface area contributed by atoms with Crippen molar-refractivity contribution in [3.05, 3.63) is 47.5 Å². The standard InChI is InChI=1S/C12H11NO/c1-4-10-11(13-7-1)6-5-9-3-2-8-14-12(9)10/h2,4-8,11H,1,3H2. The molecule has 3 rings (SSSR count). The summed E-state index contributed by atoms with van der Waals surface area (Å²) in [6, 6.07) is 0.189. The maximum Gasteiger partial charge on any atom is 0.135 e. The zero-order valence-corrected chi connectivity index (χ0v) is 7.81. The highest BCUT2D eigenvalue weighted by molar-refractivity contribution is 5.66. The molecule has 0 spiro atoms. The Hall–Kier alpha value is -1.57. The van der Waals surface area contributed by atoms with Gasteiger partial charge < -0.3 is 4.74 Å². The second kappa shape index (κ2) is 2.98. The van der Waals surface area contributed by atoms with E-state index in [9.17, 15) is 0 Å². The average Bonchev–Trinajstić information content (AvgIpc) is 2.29. The molecule has 0 saturated carbocycles. The van der Waals surface area contributed by atoms with Gasteiger partial charge in [-0.2, -0.15) is 0 Å². The van der Waals surface area contributed by atoms with E-state index in [1.54, 1.807) is 6.26 Å². The number of dihydropyridines is 1. The summed E-state index contributed by atoms with van der Waals surface area (Å²) in [4.78, 5) is 4.42. The first-order valence-electron chi connectivity index (χ1n) is 4.90. The van der Waals surface area contributed by atoms with E-state index in [0.29, 0.717) is 0 Å². The van der Waals surface area contributed by atoms with Crippen LogP contribution in [0.2, 0.25) is 0 Å². The summed E-state index contributed by atoms with van der Waals surface area (Å²) in [6.07, 6.45) is 14.1. The van der Waals surface area contributed by atoms with Crippen LogP contribution in [-0.2, 0) is 4.74 Å². The minimum Gasteiger partial charge on any atom is -0.465 e. The highest BCUT2D eigenvalue weighted by Crippen LogP contribution is 2.33. The number of nitrogens with zero attached hydrogens (tertiary/aromatic N) is 1. The maximum absolute atomic E-state index is 5.56. The first kappa shape index (κ1) is 7.80. The molecule has 0 radical (unpaired) electrons. The summed E-state index contributed by atoms with van der Waals surface area (Å²) < 4.78 is 5.56. The Bertz CT molecular complexity index is 410. The molecule has 2 aliphatic heterocycles. The van der Waals surface area contributed by atoms with Gasteiger partial charge in [0.25, 0.3) is 0 Å². The zero-order chi connectivity index (χ0) is 9.38. The van der Waals surface area contributed by atoms with E-state index in [4.69, 9.17) is 4.74 Å². The molecule has 1 unspecified atom stereocenters. The molecular formula is C12H11NO. The van der Waals surface area contributed by atoms with Gasteiger partial charge in [-0.25, -0.2) is 0 Å². The van der Waals surface area contributed by atoms with Crippen molar-refractivity contribution in [3.63, 3.8) is 0 Å². The first-order valence-corrected chi connectivity index (χ1v) is 4.90. The van der Waals surface area contributed by atoms with Crippen molar-refractivity contribution >= 4 is 6.21 Å². The van der Waals surface area contributed by atoms with Crippen molar-refractivity contribution in [2.24, 2.45) is 4.99 Å². The molecule has 0 fully saturated rings. The van der Waals surface area contributed by atoms with E-state index in [1.165, 1.54) is 11.1 Å². The van der Waals surface area contributed by atoms with Gasteiger partial charge in [-0.1, -0.05) is 18.2 Å². The van der Waals surface area contributed by atoms with Crippen molar-refractivity contribution in [1.82, 2.24) is 0 Å². The molecule has 0 aromatic heterocycles. The Labute approximate surface area is 83.0 Å². The van der Waals surface area contributed by atoms with Crippen LogP contribution in [0.15, 0.2) is 52.5 Å². The fourth-order valence-electron chi connectivity index (χ4n) is 2.00. The van der Waals surface area contributed by atoms with Gasteiger partial charge in [0.15, 0.2) is 0 Å². The minimum absolute atomic E-state index is 0.189. The lowest BCUT2D eigenvalue weighted by molar-refractivity contribution is 0.342. The quantitative estimate of drug-likeness (QED) is 0.568. The van der Waals surface area contributed by atoms with E-state index < -0.39 is 0 Å². The third-order valence-corrected chi connectivity index (χ3v) is 2.68. The van der Waals surface area contributed by atoms with Gasteiger partial charge in [-0.05, 0) is 18.1 Å². The highest BCUT2D eigenvalue weighted by Gasteiger charge is 2.24. The van der Waals surface area contributed by atoms with Gasteiger partial charge in [0, 0.05) is 18.2 Å². The fraction of sp³-hybridized carbons (Fsp3) is 0.250. The molecule has 1 aliphatic carbocycles. The van der Waals surface area contributed by atoms with Gasteiger partial charge in [0.2, 0.25) is 0 Å². The van der Waals surface area contributed by atoms with Crippen LogP contribution < -0.4 is 0 Å². The van der Waals surface area contributed by atoms with E-state index in [0.717, 1.165) is 18.6 Å².